The van der Waals surface area contributed by atoms with Gasteiger partial charge in [-0.05, 0) is 59.7 Å². The maximum Gasteiger partial charge on any atom is 0.124 e. The molecule has 0 saturated heterocycles. The number of nitrogens with one attached hydrogen (secondary N) is 2. The predicted octanol–water partition coefficient (Wildman–Crippen LogP) is 8.94. The highest BCUT2D eigenvalue weighted by Crippen LogP contribution is 2.30. The molecule has 0 unspecified atom stereocenters. The zero-order valence-corrected chi connectivity index (χ0v) is 24.3. The largest absolute Gasteiger partial charge is 0.507 e. The summed E-state index contributed by atoms with van der Waals surface area (Å²) in [6.07, 6.45) is 4.59. The number of phenols is 2. The molecular weight excluding hydrogens is 544 g/mol. The van der Waals surface area contributed by atoms with Crippen molar-refractivity contribution in [3.05, 3.63) is 168 Å². The molecule has 218 valence electrons. The molecule has 6 nitrogen and oxygen atoms in total. The van der Waals surface area contributed by atoms with Gasteiger partial charge in [-0.25, -0.2) is 0 Å². The average molecular weight is 579 g/mol. The smallest absolute Gasteiger partial charge is 0.124 e. The third-order valence-corrected chi connectivity index (χ3v) is 6.79. The maximum atomic E-state index is 10.5. The molecule has 0 aliphatic carbocycles. The Bertz CT molecular complexity index is 1680. The van der Waals surface area contributed by atoms with Gasteiger partial charge in [-0.3, -0.25) is 9.98 Å². The Labute approximate surface area is 258 Å². The molecule has 0 spiro atoms. The molecule has 0 radical (unpaired) electrons. The number of nitrogens with zero attached hydrogens (tertiary/aromatic N) is 2. The van der Waals surface area contributed by atoms with E-state index in [9.17, 15) is 10.2 Å². The number of rotatable bonds is 12. The van der Waals surface area contributed by atoms with Crippen LogP contribution in [0.2, 0.25) is 0 Å². The lowest BCUT2D eigenvalue weighted by Gasteiger charge is -2.11. The number of allylic oxidation sites excluding steroid dienone is 2. The van der Waals surface area contributed by atoms with Crippen LogP contribution in [0.25, 0.3) is 0 Å². The van der Waals surface area contributed by atoms with Gasteiger partial charge in [0.05, 0.1) is 11.4 Å². The van der Waals surface area contributed by atoms with E-state index >= 15 is 0 Å². The molecule has 0 aromatic heterocycles. The normalized spacial score (nSPS) is 11.1. The molecule has 6 heteroatoms. The van der Waals surface area contributed by atoms with Gasteiger partial charge in [0.15, 0.2) is 0 Å². The summed E-state index contributed by atoms with van der Waals surface area (Å²) in [7, 11) is 0. The summed E-state index contributed by atoms with van der Waals surface area (Å²) in [5, 5.41) is 27.6. The quantitative estimate of drug-likeness (QED) is 0.0879. The van der Waals surface area contributed by atoms with Crippen LogP contribution in [-0.4, -0.2) is 22.6 Å². The van der Waals surface area contributed by atoms with Crippen molar-refractivity contribution >= 4 is 35.2 Å². The molecule has 4 N–H and O–H groups in total. The van der Waals surface area contributed by atoms with Crippen molar-refractivity contribution in [3.8, 4) is 11.5 Å². The van der Waals surface area contributed by atoms with Gasteiger partial charge < -0.3 is 20.8 Å². The Balaban J connectivity index is 1.28. The Kier molecular flexibility index (Phi) is 9.65. The van der Waals surface area contributed by atoms with Gasteiger partial charge in [0.25, 0.3) is 0 Å². The first-order chi connectivity index (χ1) is 21.4. The number of benzene rings is 5. The van der Waals surface area contributed by atoms with Crippen LogP contribution in [0.4, 0.5) is 22.7 Å². The van der Waals surface area contributed by atoms with E-state index in [-0.39, 0.29) is 11.5 Å². The van der Waals surface area contributed by atoms with Crippen LogP contribution >= 0.6 is 0 Å². The molecular formula is C38H34N4O2. The summed E-state index contributed by atoms with van der Waals surface area (Å²) in [5.74, 6) is 0.217. The van der Waals surface area contributed by atoms with Crippen LogP contribution in [0.3, 0.4) is 0 Å². The van der Waals surface area contributed by atoms with Gasteiger partial charge in [-0.15, -0.1) is 0 Å². The lowest BCUT2D eigenvalue weighted by molar-refractivity contribution is 0.474. The maximum absolute atomic E-state index is 10.5. The first kappa shape index (κ1) is 29.6. The highest BCUT2D eigenvalue weighted by molar-refractivity contribution is 5.90. The number of anilines is 2. The van der Waals surface area contributed by atoms with Crippen molar-refractivity contribution in [3.63, 3.8) is 0 Å². The first-order valence-corrected chi connectivity index (χ1v) is 14.2. The van der Waals surface area contributed by atoms with E-state index in [4.69, 9.17) is 0 Å². The monoisotopic (exact) mass is 578 g/mol. The summed E-state index contributed by atoms with van der Waals surface area (Å²) in [6.45, 7) is 8.28. The number of para-hydroxylation sites is 2. The summed E-state index contributed by atoms with van der Waals surface area (Å²) in [4.78, 5) is 9.24. The molecule has 5 aromatic carbocycles. The third kappa shape index (κ3) is 8.33. The molecule has 0 amide bonds. The van der Waals surface area contributed by atoms with Crippen molar-refractivity contribution < 1.29 is 10.2 Å². The van der Waals surface area contributed by atoms with E-state index in [1.165, 1.54) is 0 Å². The minimum absolute atomic E-state index is 0.108. The van der Waals surface area contributed by atoms with Crippen LogP contribution in [0.15, 0.2) is 156 Å². The Morgan fingerprint density at radius 3 is 1.34 bits per heavy atom. The predicted molar refractivity (Wildman–Crippen MR) is 183 cm³/mol. The topological polar surface area (TPSA) is 89.2 Å². The highest BCUT2D eigenvalue weighted by Gasteiger charge is 2.06. The van der Waals surface area contributed by atoms with E-state index in [1.54, 1.807) is 36.7 Å². The average Bonchev–Trinajstić information content (AvgIpc) is 3.03. The van der Waals surface area contributed by atoms with Crippen molar-refractivity contribution in [1.29, 1.82) is 0 Å². The first-order valence-electron chi connectivity index (χ1n) is 14.2. The van der Waals surface area contributed by atoms with E-state index in [1.807, 2.05) is 72.8 Å². The third-order valence-electron chi connectivity index (χ3n) is 6.79. The molecule has 0 saturated carbocycles. The van der Waals surface area contributed by atoms with E-state index < -0.39 is 0 Å². The molecule has 5 rings (SSSR count). The number of phenolic OH excluding ortho intramolecular Hbond substituents is 2. The second-order valence-corrected chi connectivity index (χ2v) is 10.3. The van der Waals surface area contributed by atoms with Crippen LogP contribution in [0.1, 0.15) is 22.3 Å². The van der Waals surface area contributed by atoms with E-state index in [0.29, 0.717) is 35.3 Å². The van der Waals surface area contributed by atoms with Crippen LogP contribution in [-0.2, 0) is 12.8 Å². The summed E-state index contributed by atoms with van der Waals surface area (Å²) in [5.41, 5.74) is 7.92. The van der Waals surface area contributed by atoms with Crippen molar-refractivity contribution in [1.82, 2.24) is 0 Å². The fourth-order valence-corrected chi connectivity index (χ4v) is 4.61. The Morgan fingerprint density at radius 2 is 0.932 bits per heavy atom. The summed E-state index contributed by atoms with van der Waals surface area (Å²) >= 11 is 0. The summed E-state index contributed by atoms with van der Waals surface area (Å²) < 4.78 is 0. The Morgan fingerprint density at radius 1 is 0.545 bits per heavy atom. The molecule has 0 heterocycles. The number of hydrogen-bond donors (Lipinski definition) is 4. The minimum atomic E-state index is 0.108. The molecule has 0 aliphatic rings. The minimum Gasteiger partial charge on any atom is -0.507 e. The molecule has 0 bridgehead atoms. The highest BCUT2D eigenvalue weighted by atomic mass is 16.3. The van der Waals surface area contributed by atoms with Crippen LogP contribution < -0.4 is 10.6 Å². The van der Waals surface area contributed by atoms with E-state index in [0.717, 1.165) is 33.9 Å². The van der Waals surface area contributed by atoms with Gasteiger partial charge in [0.1, 0.15) is 11.5 Å². The number of aromatic hydroxyl groups is 2. The van der Waals surface area contributed by atoms with Gasteiger partial charge >= 0.3 is 0 Å². The summed E-state index contributed by atoms with van der Waals surface area (Å²) in [6, 6.07) is 38.1. The molecule has 0 fully saturated rings. The van der Waals surface area contributed by atoms with E-state index in [2.05, 4.69) is 58.0 Å². The van der Waals surface area contributed by atoms with Gasteiger partial charge in [-0.2, -0.15) is 0 Å². The van der Waals surface area contributed by atoms with Gasteiger partial charge in [-0.1, -0.05) is 86.0 Å². The van der Waals surface area contributed by atoms with Crippen molar-refractivity contribution in [2.24, 2.45) is 9.98 Å². The molecule has 44 heavy (non-hydrogen) atoms. The lowest BCUT2D eigenvalue weighted by Crippen LogP contribution is -2.02. The zero-order chi connectivity index (χ0) is 30.7. The SMILES string of the molecule is C=C(Cc1ccccc1)Nc1ccc(O)c(C=Nc2ccccc2N=Cc2cc(NC(=C)Cc3ccccc3)ccc2O)c1. The van der Waals surface area contributed by atoms with Crippen LogP contribution in [0.5, 0.6) is 11.5 Å². The fourth-order valence-electron chi connectivity index (χ4n) is 4.61. The Hall–Kier alpha value is -5.88. The fraction of sp³-hybridized carbons (Fsp3) is 0.0526. The molecule has 0 aliphatic heterocycles. The van der Waals surface area contributed by atoms with Gasteiger partial charge in [0.2, 0.25) is 0 Å². The number of aliphatic imine (C=N–C) groups is 2. The number of hydrogen-bond acceptors (Lipinski definition) is 6. The molecule has 5 aromatic rings. The van der Waals surface area contributed by atoms with Crippen molar-refractivity contribution in [2.75, 3.05) is 10.6 Å². The van der Waals surface area contributed by atoms with Crippen LogP contribution in [0, 0.1) is 0 Å². The van der Waals surface area contributed by atoms with Gasteiger partial charge in [0, 0.05) is 59.2 Å². The lowest BCUT2D eigenvalue weighted by atomic mass is 10.1. The molecule has 0 atom stereocenters. The second-order valence-electron chi connectivity index (χ2n) is 10.3. The standard InChI is InChI=1S/C38H34N4O2/c1-27(21-29-11-5-3-6-12-29)41-33-17-19-37(43)31(23-33)25-39-35-15-9-10-16-36(35)40-26-32-24-34(18-20-38(32)44)42-28(2)22-30-13-7-4-8-14-30/h3-20,23-26,41-44H,1-2,21-22H2. The second kappa shape index (κ2) is 14.3. The zero-order valence-electron chi connectivity index (χ0n) is 24.3. The van der Waals surface area contributed by atoms with Crippen molar-refractivity contribution in [2.45, 2.75) is 12.8 Å².